The van der Waals surface area contributed by atoms with Crippen molar-refractivity contribution in [2.45, 2.75) is 38.1 Å². The van der Waals surface area contributed by atoms with E-state index in [1.54, 1.807) is 16.9 Å². The summed E-state index contributed by atoms with van der Waals surface area (Å²) in [6.07, 6.45) is 6.22. The van der Waals surface area contributed by atoms with Crippen molar-refractivity contribution < 1.29 is 4.79 Å². The van der Waals surface area contributed by atoms with E-state index < -0.39 is 0 Å². The van der Waals surface area contributed by atoms with Crippen molar-refractivity contribution in [3.63, 3.8) is 0 Å². The number of nitrogens with zero attached hydrogens (tertiary/aromatic N) is 2. The van der Waals surface area contributed by atoms with Gasteiger partial charge in [0.05, 0.1) is 5.69 Å². The number of anilines is 1. The molecule has 1 amide bonds. The summed E-state index contributed by atoms with van der Waals surface area (Å²) >= 11 is 0. The second kappa shape index (κ2) is 5.24. The van der Waals surface area contributed by atoms with Crippen LogP contribution < -0.4 is 11.1 Å². The van der Waals surface area contributed by atoms with Crippen molar-refractivity contribution >= 4 is 11.6 Å². The summed E-state index contributed by atoms with van der Waals surface area (Å²) in [5.41, 5.74) is 7.62. The van der Waals surface area contributed by atoms with Gasteiger partial charge in [0.25, 0.3) is 5.91 Å². The minimum atomic E-state index is -0.103. The van der Waals surface area contributed by atoms with Gasteiger partial charge in [-0.15, -0.1) is 0 Å². The molecule has 110 valence electrons. The lowest BCUT2D eigenvalue weighted by Crippen LogP contribution is -2.43. The van der Waals surface area contributed by atoms with E-state index in [1.807, 2.05) is 24.3 Å². The van der Waals surface area contributed by atoms with Gasteiger partial charge in [-0.2, -0.15) is 5.10 Å². The fourth-order valence-electron chi connectivity index (χ4n) is 2.83. The molecule has 1 aromatic heterocycles. The summed E-state index contributed by atoms with van der Waals surface area (Å²) < 4.78 is 1.69. The minimum Gasteiger partial charge on any atom is -0.399 e. The van der Waals surface area contributed by atoms with E-state index in [9.17, 15) is 4.79 Å². The van der Waals surface area contributed by atoms with E-state index in [-0.39, 0.29) is 11.4 Å². The van der Waals surface area contributed by atoms with Crippen LogP contribution >= 0.6 is 0 Å². The highest BCUT2D eigenvalue weighted by molar-refractivity contribution is 5.92. The molecule has 0 atom stereocenters. The third-order valence-electron chi connectivity index (χ3n) is 4.10. The Hall–Kier alpha value is -2.30. The first-order chi connectivity index (χ1) is 10.1. The Balaban J connectivity index is 1.75. The fourth-order valence-corrected chi connectivity index (χ4v) is 2.83. The number of carbonyl (C=O) groups is 1. The monoisotopic (exact) mass is 284 g/mol. The Labute approximate surface area is 124 Å². The van der Waals surface area contributed by atoms with Crippen LogP contribution in [0.2, 0.25) is 0 Å². The Morgan fingerprint density at radius 1 is 1.24 bits per heavy atom. The second-order valence-electron chi connectivity index (χ2n) is 5.96. The third kappa shape index (κ3) is 2.91. The lowest BCUT2D eigenvalue weighted by atomic mass is 10.0. The second-order valence-corrected chi connectivity index (χ2v) is 5.96. The van der Waals surface area contributed by atoms with E-state index in [0.29, 0.717) is 11.4 Å². The van der Waals surface area contributed by atoms with Crippen LogP contribution in [0.3, 0.4) is 0 Å². The van der Waals surface area contributed by atoms with Gasteiger partial charge in [0.2, 0.25) is 0 Å². The SMILES string of the molecule is CC1(NC(=O)c2ccn(-c3ccc(N)cc3)n2)CCCC1. The number of amides is 1. The number of hydrogen-bond donors (Lipinski definition) is 2. The maximum absolute atomic E-state index is 12.3. The predicted molar refractivity (Wildman–Crippen MR) is 82.3 cm³/mol. The zero-order valence-corrected chi connectivity index (χ0v) is 12.2. The van der Waals surface area contributed by atoms with Crippen molar-refractivity contribution in [2.75, 3.05) is 5.73 Å². The van der Waals surface area contributed by atoms with E-state index in [2.05, 4.69) is 17.3 Å². The van der Waals surface area contributed by atoms with Gasteiger partial charge in [0, 0.05) is 17.4 Å². The lowest BCUT2D eigenvalue weighted by molar-refractivity contribution is 0.0902. The molecular formula is C16H20N4O. The maximum Gasteiger partial charge on any atom is 0.272 e. The average molecular weight is 284 g/mol. The van der Waals surface area contributed by atoms with Gasteiger partial charge >= 0.3 is 0 Å². The highest BCUT2D eigenvalue weighted by Gasteiger charge is 2.30. The zero-order valence-electron chi connectivity index (χ0n) is 12.2. The van der Waals surface area contributed by atoms with Crippen LogP contribution in [0.5, 0.6) is 0 Å². The smallest absolute Gasteiger partial charge is 0.272 e. The average Bonchev–Trinajstić information content (AvgIpc) is 3.09. The molecule has 3 rings (SSSR count). The summed E-state index contributed by atoms with van der Waals surface area (Å²) in [5.74, 6) is -0.103. The van der Waals surface area contributed by atoms with Crippen molar-refractivity contribution in [2.24, 2.45) is 0 Å². The van der Waals surface area contributed by atoms with E-state index in [4.69, 9.17) is 5.73 Å². The van der Waals surface area contributed by atoms with Crippen LogP contribution in [0.1, 0.15) is 43.1 Å². The van der Waals surface area contributed by atoms with E-state index in [0.717, 1.165) is 18.5 Å². The Morgan fingerprint density at radius 3 is 2.57 bits per heavy atom. The molecule has 0 radical (unpaired) electrons. The number of nitrogens with one attached hydrogen (secondary N) is 1. The number of hydrogen-bond acceptors (Lipinski definition) is 3. The zero-order chi connectivity index (χ0) is 14.9. The molecular weight excluding hydrogens is 264 g/mol. The molecule has 1 aromatic carbocycles. The van der Waals surface area contributed by atoms with Gasteiger partial charge in [-0.25, -0.2) is 4.68 Å². The number of aromatic nitrogens is 2. The minimum absolute atomic E-state index is 0.0813. The van der Waals surface area contributed by atoms with Crippen LogP contribution in [0.25, 0.3) is 5.69 Å². The van der Waals surface area contributed by atoms with Crippen molar-refractivity contribution in [1.82, 2.24) is 15.1 Å². The van der Waals surface area contributed by atoms with Crippen molar-refractivity contribution in [1.29, 1.82) is 0 Å². The molecule has 0 unspecified atom stereocenters. The molecule has 5 heteroatoms. The molecule has 0 bridgehead atoms. The summed E-state index contributed by atoms with van der Waals surface area (Å²) in [5, 5.41) is 7.46. The molecule has 2 aromatic rings. The molecule has 1 aliphatic carbocycles. The van der Waals surface area contributed by atoms with Crippen LogP contribution in [0, 0.1) is 0 Å². The summed E-state index contributed by atoms with van der Waals surface area (Å²) in [6.45, 7) is 2.11. The molecule has 1 heterocycles. The molecule has 21 heavy (non-hydrogen) atoms. The summed E-state index contributed by atoms with van der Waals surface area (Å²) in [7, 11) is 0. The fraction of sp³-hybridized carbons (Fsp3) is 0.375. The first-order valence-corrected chi connectivity index (χ1v) is 7.30. The summed E-state index contributed by atoms with van der Waals surface area (Å²) in [4.78, 5) is 12.3. The highest BCUT2D eigenvalue weighted by Crippen LogP contribution is 2.29. The van der Waals surface area contributed by atoms with E-state index >= 15 is 0 Å². The number of benzene rings is 1. The third-order valence-corrected chi connectivity index (χ3v) is 4.10. The van der Waals surface area contributed by atoms with Gasteiger partial charge < -0.3 is 11.1 Å². The number of carbonyl (C=O) groups excluding carboxylic acids is 1. The maximum atomic E-state index is 12.3. The van der Waals surface area contributed by atoms with Crippen molar-refractivity contribution in [3.8, 4) is 5.69 Å². The largest absolute Gasteiger partial charge is 0.399 e. The number of nitrogen functional groups attached to an aromatic ring is 1. The van der Waals surface area contributed by atoms with E-state index in [1.165, 1.54) is 12.8 Å². The van der Waals surface area contributed by atoms with Crippen LogP contribution in [-0.4, -0.2) is 21.2 Å². The summed E-state index contributed by atoms with van der Waals surface area (Å²) in [6, 6.07) is 9.13. The molecule has 3 N–H and O–H groups in total. The standard InChI is InChI=1S/C16H20N4O/c1-16(9-2-3-10-16)18-15(21)14-8-11-20(19-14)13-6-4-12(17)5-7-13/h4-8,11H,2-3,9-10,17H2,1H3,(H,18,21). The van der Waals surface area contributed by atoms with Gasteiger partial charge in [-0.1, -0.05) is 12.8 Å². The Morgan fingerprint density at radius 2 is 1.90 bits per heavy atom. The predicted octanol–water partition coefficient (Wildman–Crippen LogP) is 2.52. The van der Waals surface area contributed by atoms with Gasteiger partial charge in [-0.05, 0) is 50.1 Å². The number of nitrogens with two attached hydrogens (primary N) is 1. The lowest BCUT2D eigenvalue weighted by Gasteiger charge is -2.24. The molecule has 5 nitrogen and oxygen atoms in total. The number of rotatable bonds is 3. The molecule has 0 spiro atoms. The van der Waals surface area contributed by atoms with Crippen LogP contribution in [0.15, 0.2) is 36.5 Å². The first kappa shape index (κ1) is 13.7. The molecule has 1 aliphatic rings. The molecule has 0 saturated heterocycles. The molecule has 1 saturated carbocycles. The van der Waals surface area contributed by atoms with Gasteiger partial charge in [0.15, 0.2) is 5.69 Å². The highest BCUT2D eigenvalue weighted by atomic mass is 16.2. The van der Waals surface area contributed by atoms with Crippen molar-refractivity contribution in [3.05, 3.63) is 42.2 Å². The van der Waals surface area contributed by atoms with Crippen LogP contribution in [-0.2, 0) is 0 Å². The Bertz CT molecular complexity index is 639. The normalized spacial score (nSPS) is 16.8. The van der Waals surface area contributed by atoms with Crippen LogP contribution in [0.4, 0.5) is 5.69 Å². The Kier molecular flexibility index (Phi) is 3.41. The topological polar surface area (TPSA) is 72.9 Å². The molecule has 0 aliphatic heterocycles. The van der Waals surface area contributed by atoms with Gasteiger partial charge in [0.1, 0.15) is 0 Å². The first-order valence-electron chi connectivity index (χ1n) is 7.30. The quantitative estimate of drug-likeness (QED) is 0.851. The van der Waals surface area contributed by atoms with Gasteiger partial charge in [-0.3, -0.25) is 4.79 Å². The molecule has 1 fully saturated rings.